The molecular weight excluding hydrogens is 276 g/mol. The van der Waals surface area contributed by atoms with Gasteiger partial charge in [-0.05, 0) is 37.1 Å². The fraction of sp³-hybridized carbons (Fsp3) is 0.294. The molecule has 5 heteroatoms. The molecule has 5 nitrogen and oxygen atoms in total. The third-order valence-corrected chi connectivity index (χ3v) is 3.45. The highest BCUT2D eigenvalue weighted by atomic mass is 16.2. The molecule has 1 aromatic heterocycles. The summed E-state index contributed by atoms with van der Waals surface area (Å²) in [6, 6.07) is 9.33. The van der Waals surface area contributed by atoms with E-state index in [1.54, 1.807) is 23.4 Å². The average Bonchev–Trinajstić information content (AvgIpc) is 2.55. The molecule has 1 heterocycles. The van der Waals surface area contributed by atoms with Crippen LogP contribution in [0.3, 0.4) is 0 Å². The van der Waals surface area contributed by atoms with Crippen LogP contribution in [0.5, 0.6) is 0 Å². The Bertz CT molecular complexity index is 628. The number of nitrogens with zero attached hydrogens (tertiary/aromatic N) is 2. The maximum atomic E-state index is 12.3. The second-order valence-electron chi connectivity index (χ2n) is 5.05. The number of benzene rings is 1. The number of urea groups is 1. The predicted octanol–water partition coefficient (Wildman–Crippen LogP) is 3.59. The van der Waals surface area contributed by atoms with Crippen molar-refractivity contribution in [2.24, 2.45) is 0 Å². The van der Waals surface area contributed by atoms with Gasteiger partial charge in [-0.3, -0.25) is 4.98 Å². The van der Waals surface area contributed by atoms with Crippen LogP contribution in [0.15, 0.2) is 42.7 Å². The molecule has 0 atom stereocenters. The molecule has 0 bridgehead atoms. The number of carbonyl (C=O) groups is 1. The molecule has 2 amide bonds. The summed E-state index contributed by atoms with van der Waals surface area (Å²) in [7, 11) is 0. The maximum Gasteiger partial charge on any atom is 0.321 e. The van der Waals surface area contributed by atoms with Gasteiger partial charge in [-0.15, -0.1) is 0 Å². The quantitative estimate of drug-likeness (QED) is 0.829. The lowest BCUT2D eigenvalue weighted by Gasteiger charge is -2.21. The van der Waals surface area contributed by atoms with Gasteiger partial charge in [-0.25, -0.2) is 4.79 Å². The fourth-order valence-corrected chi connectivity index (χ4v) is 2.25. The lowest BCUT2D eigenvalue weighted by molar-refractivity contribution is 0.214. The Kier molecular flexibility index (Phi) is 5.36. The monoisotopic (exact) mass is 298 g/mol. The number of carbonyl (C=O) groups excluding carboxylic acids is 1. The Balaban J connectivity index is 2.22. The van der Waals surface area contributed by atoms with Crippen LogP contribution in [0.4, 0.5) is 16.2 Å². The van der Waals surface area contributed by atoms with Crippen molar-refractivity contribution in [1.82, 2.24) is 9.88 Å². The second-order valence-corrected chi connectivity index (χ2v) is 5.05. The summed E-state index contributed by atoms with van der Waals surface area (Å²) in [5.74, 6) is 0. The van der Waals surface area contributed by atoms with Crippen molar-refractivity contribution in [2.45, 2.75) is 20.3 Å². The molecule has 2 aromatic rings. The maximum absolute atomic E-state index is 12.3. The number of anilines is 2. The van der Waals surface area contributed by atoms with Crippen LogP contribution in [0.25, 0.3) is 11.1 Å². The highest BCUT2D eigenvalue weighted by Crippen LogP contribution is 2.27. The largest absolute Gasteiger partial charge is 0.397 e. The van der Waals surface area contributed by atoms with E-state index >= 15 is 0 Å². The predicted molar refractivity (Wildman–Crippen MR) is 90.6 cm³/mol. The summed E-state index contributed by atoms with van der Waals surface area (Å²) in [4.78, 5) is 18.2. The van der Waals surface area contributed by atoms with Crippen LogP contribution < -0.4 is 11.1 Å². The number of hydrogen-bond acceptors (Lipinski definition) is 3. The van der Waals surface area contributed by atoms with Gasteiger partial charge in [0, 0.05) is 31.0 Å². The van der Waals surface area contributed by atoms with Gasteiger partial charge in [0.1, 0.15) is 0 Å². The van der Waals surface area contributed by atoms with Crippen molar-refractivity contribution in [2.75, 3.05) is 24.1 Å². The van der Waals surface area contributed by atoms with Crippen molar-refractivity contribution in [3.63, 3.8) is 0 Å². The Morgan fingerprint density at radius 2 is 2.09 bits per heavy atom. The van der Waals surface area contributed by atoms with Crippen LogP contribution in [0, 0.1) is 0 Å². The lowest BCUT2D eigenvalue weighted by Crippen LogP contribution is -2.35. The molecule has 0 fully saturated rings. The first kappa shape index (κ1) is 15.8. The van der Waals surface area contributed by atoms with E-state index < -0.39 is 0 Å². The van der Waals surface area contributed by atoms with E-state index in [0.717, 1.165) is 24.1 Å². The number of nitrogen functional groups attached to an aromatic ring is 1. The van der Waals surface area contributed by atoms with Gasteiger partial charge in [0.25, 0.3) is 0 Å². The lowest BCUT2D eigenvalue weighted by atomic mass is 10.1. The molecule has 0 saturated carbocycles. The first-order valence-corrected chi connectivity index (χ1v) is 7.51. The van der Waals surface area contributed by atoms with Crippen LogP contribution >= 0.6 is 0 Å². The number of hydrogen-bond donors (Lipinski definition) is 2. The summed E-state index contributed by atoms with van der Waals surface area (Å²) >= 11 is 0. The van der Waals surface area contributed by atoms with E-state index in [0.29, 0.717) is 17.9 Å². The number of nitrogens with two attached hydrogens (primary N) is 1. The summed E-state index contributed by atoms with van der Waals surface area (Å²) in [6.07, 6.45) is 4.44. The zero-order valence-corrected chi connectivity index (χ0v) is 13.0. The van der Waals surface area contributed by atoms with E-state index in [1.165, 1.54) is 0 Å². The first-order chi connectivity index (χ1) is 10.7. The van der Waals surface area contributed by atoms with E-state index in [9.17, 15) is 4.79 Å². The fourth-order valence-electron chi connectivity index (χ4n) is 2.25. The zero-order chi connectivity index (χ0) is 15.9. The minimum atomic E-state index is -0.126. The Hall–Kier alpha value is -2.56. The van der Waals surface area contributed by atoms with Crippen molar-refractivity contribution < 1.29 is 4.79 Å². The number of nitrogens with one attached hydrogen (secondary N) is 1. The molecular formula is C17H22N4O. The van der Waals surface area contributed by atoms with Crippen LogP contribution in [-0.4, -0.2) is 29.0 Å². The van der Waals surface area contributed by atoms with Crippen molar-refractivity contribution in [3.8, 4) is 11.1 Å². The average molecular weight is 298 g/mol. The molecule has 1 aromatic carbocycles. The number of amides is 2. The van der Waals surface area contributed by atoms with Crippen molar-refractivity contribution in [3.05, 3.63) is 42.7 Å². The van der Waals surface area contributed by atoms with Crippen molar-refractivity contribution >= 4 is 17.4 Å². The topological polar surface area (TPSA) is 71.2 Å². The minimum absolute atomic E-state index is 0.126. The molecule has 0 radical (unpaired) electrons. The number of pyridine rings is 1. The zero-order valence-electron chi connectivity index (χ0n) is 13.0. The molecule has 0 aliphatic rings. The summed E-state index contributed by atoms with van der Waals surface area (Å²) < 4.78 is 0. The second kappa shape index (κ2) is 7.45. The van der Waals surface area contributed by atoms with Gasteiger partial charge in [0.2, 0.25) is 0 Å². The van der Waals surface area contributed by atoms with Gasteiger partial charge in [0.05, 0.1) is 11.4 Å². The number of rotatable bonds is 5. The third-order valence-electron chi connectivity index (χ3n) is 3.45. The van der Waals surface area contributed by atoms with Gasteiger partial charge >= 0.3 is 6.03 Å². The molecule has 116 valence electrons. The summed E-state index contributed by atoms with van der Waals surface area (Å²) in [5.41, 5.74) is 9.11. The van der Waals surface area contributed by atoms with Crippen LogP contribution in [-0.2, 0) is 0 Å². The molecule has 0 aliphatic heterocycles. The third kappa shape index (κ3) is 3.75. The Morgan fingerprint density at radius 3 is 2.73 bits per heavy atom. The molecule has 3 N–H and O–H groups in total. The smallest absolute Gasteiger partial charge is 0.321 e. The SMILES string of the molecule is CCCN(CC)C(=O)Nc1cc(-c2cccnc2)ccc1N. The standard InChI is InChI=1S/C17H22N4O/c1-3-10-21(4-2)17(22)20-16-11-13(7-8-15(16)18)14-6-5-9-19-12-14/h5-9,11-12H,3-4,10,18H2,1-2H3,(H,20,22). The minimum Gasteiger partial charge on any atom is -0.397 e. The molecule has 0 spiro atoms. The summed E-state index contributed by atoms with van der Waals surface area (Å²) in [5, 5.41) is 2.90. The van der Waals surface area contributed by atoms with Crippen LogP contribution in [0.2, 0.25) is 0 Å². The molecule has 0 unspecified atom stereocenters. The summed E-state index contributed by atoms with van der Waals surface area (Å²) in [6.45, 7) is 5.41. The molecule has 2 rings (SSSR count). The molecule has 22 heavy (non-hydrogen) atoms. The van der Waals surface area contributed by atoms with Gasteiger partial charge in [-0.1, -0.05) is 19.1 Å². The van der Waals surface area contributed by atoms with Crippen molar-refractivity contribution in [1.29, 1.82) is 0 Å². The first-order valence-electron chi connectivity index (χ1n) is 7.51. The highest BCUT2D eigenvalue weighted by molar-refractivity contribution is 5.93. The van der Waals surface area contributed by atoms with E-state index in [1.807, 2.05) is 38.1 Å². The Labute approximate surface area is 131 Å². The van der Waals surface area contributed by atoms with E-state index in [-0.39, 0.29) is 6.03 Å². The van der Waals surface area contributed by atoms with Gasteiger partial charge < -0.3 is 16.0 Å². The van der Waals surface area contributed by atoms with E-state index in [2.05, 4.69) is 10.3 Å². The van der Waals surface area contributed by atoms with E-state index in [4.69, 9.17) is 5.73 Å². The van der Waals surface area contributed by atoms with Gasteiger partial charge in [0.15, 0.2) is 0 Å². The van der Waals surface area contributed by atoms with Gasteiger partial charge in [-0.2, -0.15) is 0 Å². The molecule has 0 aliphatic carbocycles. The number of aromatic nitrogens is 1. The van der Waals surface area contributed by atoms with Crippen LogP contribution in [0.1, 0.15) is 20.3 Å². The normalized spacial score (nSPS) is 10.3. The Morgan fingerprint density at radius 1 is 1.27 bits per heavy atom. The highest BCUT2D eigenvalue weighted by Gasteiger charge is 2.12. The molecule has 0 saturated heterocycles.